The van der Waals surface area contributed by atoms with Gasteiger partial charge < -0.3 is 4.90 Å². The Bertz CT molecular complexity index is 446. The molecule has 2 aliphatic rings. The van der Waals surface area contributed by atoms with Crippen LogP contribution < -0.4 is 0 Å². The molecule has 17 heavy (non-hydrogen) atoms. The van der Waals surface area contributed by atoms with E-state index in [9.17, 15) is 9.18 Å². The Morgan fingerprint density at radius 3 is 2.59 bits per heavy atom. The number of hydrogen-bond acceptors (Lipinski definition) is 2. The molecule has 1 aromatic rings. The number of carbonyl (C=O) groups is 1. The van der Waals surface area contributed by atoms with Crippen LogP contribution in [0.25, 0.3) is 0 Å². The minimum absolute atomic E-state index is 0.145. The van der Waals surface area contributed by atoms with Gasteiger partial charge in [-0.3, -0.25) is 9.78 Å². The molecule has 1 saturated heterocycles. The number of pyridine rings is 1. The molecule has 1 saturated carbocycles. The van der Waals surface area contributed by atoms with Gasteiger partial charge in [-0.1, -0.05) is 0 Å². The van der Waals surface area contributed by atoms with Crippen molar-refractivity contribution in [3.8, 4) is 0 Å². The Morgan fingerprint density at radius 1 is 1.29 bits per heavy atom. The number of nitrogens with zero attached hydrogens (tertiary/aromatic N) is 2. The van der Waals surface area contributed by atoms with E-state index in [-0.39, 0.29) is 11.5 Å². The number of amides is 1. The van der Waals surface area contributed by atoms with Crippen molar-refractivity contribution in [2.24, 2.45) is 5.41 Å². The molecule has 90 valence electrons. The summed E-state index contributed by atoms with van der Waals surface area (Å²) in [7, 11) is 0. The lowest BCUT2D eigenvalue weighted by Crippen LogP contribution is -2.39. The van der Waals surface area contributed by atoms with E-state index in [2.05, 4.69) is 4.98 Å². The predicted molar refractivity (Wildman–Crippen MR) is 61.0 cm³/mol. The molecule has 1 amide bonds. The minimum Gasteiger partial charge on any atom is -0.339 e. The third-order valence-electron chi connectivity index (χ3n) is 4.07. The van der Waals surface area contributed by atoms with E-state index >= 15 is 0 Å². The molecule has 2 fully saturated rings. The van der Waals surface area contributed by atoms with E-state index in [1.807, 2.05) is 0 Å². The van der Waals surface area contributed by atoms with Crippen LogP contribution in [0.15, 0.2) is 18.5 Å². The highest BCUT2D eigenvalue weighted by atomic mass is 19.1. The van der Waals surface area contributed by atoms with E-state index in [0.29, 0.717) is 5.41 Å². The quantitative estimate of drug-likeness (QED) is 0.746. The zero-order valence-electron chi connectivity index (χ0n) is 9.66. The van der Waals surface area contributed by atoms with Gasteiger partial charge in [0.15, 0.2) is 5.82 Å². The van der Waals surface area contributed by atoms with Gasteiger partial charge in [0.25, 0.3) is 5.91 Å². The van der Waals surface area contributed by atoms with E-state index in [4.69, 9.17) is 0 Å². The summed E-state index contributed by atoms with van der Waals surface area (Å²) in [5.74, 6) is -0.718. The summed E-state index contributed by atoms with van der Waals surface area (Å²) < 4.78 is 13.4. The van der Waals surface area contributed by atoms with Crippen LogP contribution in [0.2, 0.25) is 0 Å². The summed E-state index contributed by atoms with van der Waals surface area (Å²) in [6.07, 6.45) is 7.32. The van der Waals surface area contributed by atoms with Crippen LogP contribution in [0.3, 0.4) is 0 Å². The van der Waals surface area contributed by atoms with Gasteiger partial charge in [-0.05, 0) is 37.2 Å². The fourth-order valence-electron chi connectivity index (χ4n) is 2.58. The molecule has 2 heterocycles. The molecule has 0 unspecified atom stereocenters. The maximum absolute atomic E-state index is 13.4. The first-order valence-electron chi connectivity index (χ1n) is 6.09. The second-order valence-electron chi connectivity index (χ2n) is 5.15. The Balaban J connectivity index is 1.72. The van der Waals surface area contributed by atoms with E-state index in [1.165, 1.54) is 25.1 Å². The van der Waals surface area contributed by atoms with E-state index in [1.54, 1.807) is 4.90 Å². The number of halogens is 1. The Hall–Kier alpha value is -1.45. The normalized spacial score (nSPS) is 21.6. The van der Waals surface area contributed by atoms with Gasteiger partial charge in [0.05, 0.1) is 11.8 Å². The zero-order valence-corrected chi connectivity index (χ0v) is 9.66. The highest BCUT2D eigenvalue weighted by Gasteiger charge is 2.45. The lowest BCUT2D eigenvalue weighted by molar-refractivity contribution is 0.0673. The monoisotopic (exact) mass is 234 g/mol. The van der Waals surface area contributed by atoms with E-state index in [0.717, 1.165) is 32.1 Å². The third-order valence-corrected chi connectivity index (χ3v) is 4.07. The van der Waals surface area contributed by atoms with Crippen molar-refractivity contribution in [2.75, 3.05) is 13.1 Å². The topological polar surface area (TPSA) is 33.2 Å². The molecule has 1 aromatic heterocycles. The number of aromatic nitrogens is 1. The van der Waals surface area contributed by atoms with Gasteiger partial charge in [-0.15, -0.1) is 0 Å². The van der Waals surface area contributed by atoms with Crippen LogP contribution in [-0.4, -0.2) is 28.9 Å². The Labute approximate surface area is 99.6 Å². The van der Waals surface area contributed by atoms with Crippen molar-refractivity contribution in [3.05, 3.63) is 29.8 Å². The maximum atomic E-state index is 13.4. The molecule has 0 atom stereocenters. The van der Waals surface area contributed by atoms with Gasteiger partial charge in [-0.25, -0.2) is 4.39 Å². The summed E-state index contributed by atoms with van der Waals surface area (Å²) >= 11 is 0. The van der Waals surface area contributed by atoms with Gasteiger partial charge in [-0.2, -0.15) is 0 Å². The first-order valence-corrected chi connectivity index (χ1v) is 6.09. The summed E-state index contributed by atoms with van der Waals surface area (Å²) in [5, 5.41) is 0. The Morgan fingerprint density at radius 2 is 2.00 bits per heavy atom. The summed E-state index contributed by atoms with van der Waals surface area (Å²) in [6, 6.07) is 1.46. The number of hydrogen-bond donors (Lipinski definition) is 0. The fraction of sp³-hybridized carbons (Fsp3) is 0.538. The summed E-state index contributed by atoms with van der Waals surface area (Å²) in [6.45, 7) is 1.53. The van der Waals surface area contributed by atoms with Crippen molar-refractivity contribution in [2.45, 2.75) is 25.7 Å². The number of rotatable bonds is 1. The van der Waals surface area contributed by atoms with Crippen LogP contribution in [0.1, 0.15) is 36.0 Å². The number of carbonyl (C=O) groups excluding carboxylic acids is 1. The molecule has 1 aliphatic heterocycles. The van der Waals surface area contributed by atoms with Crippen LogP contribution in [-0.2, 0) is 0 Å². The largest absolute Gasteiger partial charge is 0.339 e. The fourth-order valence-corrected chi connectivity index (χ4v) is 2.58. The second kappa shape index (κ2) is 3.79. The molecule has 1 aliphatic carbocycles. The SMILES string of the molecule is O=C(c1ccncc1F)N1CCC2(CC1)CC2. The molecule has 0 radical (unpaired) electrons. The highest BCUT2D eigenvalue weighted by Crippen LogP contribution is 2.53. The third kappa shape index (κ3) is 1.92. The van der Waals surface area contributed by atoms with Crippen molar-refractivity contribution < 1.29 is 9.18 Å². The van der Waals surface area contributed by atoms with Crippen molar-refractivity contribution in [1.82, 2.24) is 9.88 Å². The van der Waals surface area contributed by atoms with Crippen LogP contribution in [0.5, 0.6) is 0 Å². The molecular formula is C13H15FN2O. The van der Waals surface area contributed by atoms with Crippen LogP contribution in [0, 0.1) is 11.2 Å². The maximum Gasteiger partial charge on any atom is 0.256 e. The molecule has 1 spiro atoms. The minimum atomic E-state index is -0.524. The van der Waals surface area contributed by atoms with Gasteiger partial charge >= 0.3 is 0 Å². The average molecular weight is 234 g/mol. The van der Waals surface area contributed by atoms with Crippen molar-refractivity contribution >= 4 is 5.91 Å². The van der Waals surface area contributed by atoms with Gasteiger partial charge in [0.2, 0.25) is 0 Å². The second-order valence-corrected chi connectivity index (χ2v) is 5.15. The zero-order chi connectivity index (χ0) is 11.9. The molecule has 3 rings (SSSR count). The first kappa shape index (κ1) is 10.7. The molecule has 4 heteroatoms. The molecule has 3 nitrogen and oxygen atoms in total. The number of piperidine rings is 1. The standard InChI is InChI=1S/C13H15FN2O/c14-11-9-15-6-1-10(11)12(17)16-7-4-13(2-3-13)5-8-16/h1,6,9H,2-5,7-8H2. The molecule has 0 N–H and O–H groups in total. The van der Waals surface area contributed by atoms with Crippen molar-refractivity contribution in [1.29, 1.82) is 0 Å². The first-order chi connectivity index (χ1) is 8.20. The number of likely N-dealkylation sites (tertiary alicyclic amines) is 1. The summed E-state index contributed by atoms with van der Waals surface area (Å²) in [5.41, 5.74) is 0.680. The predicted octanol–water partition coefficient (Wildman–Crippen LogP) is 2.24. The molecular weight excluding hydrogens is 219 g/mol. The molecule has 0 bridgehead atoms. The smallest absolute Gasteiger partial charge is 0.256 e. The average Bonchev–Trinajstić information content (AvgIpc) is 3.10. The Kier molecular flexibility index (Phi) is 2.38. The van der Waals surface area contributed by atoms with Gasteiger partial charge in [0, 0.05) is 19.3 Å². The van der Waals surface area contributed by atoms with Crippen LogP contribution >= 0.6 is 0 Å². The van der Waals surface area contributed by atoms with Crippen LogP contribution in [0.4, 0.5) is 4.39 Å². The summed E-state index contributed by atoms with van der Waals surface area (Å²) in [4.78, 5) is 17.5. The van der Waals surface area contributed by atoms with Crippen molar-refractivity contribution in [3.63, 3.8) is 0 Å². The highest BCUT2D eigenvalue weighted by molar-refractivity contribution is 5.94. The lowest BCUT2D eigenvalue weighted by Gasteiger charge is -2.32. The van der Waals surface area contributed by atoms with Gasteiger partial charge in [0.1, 0.15) is 0 Å². The molecule has 0 aromatic carbocycles. The van der Waals surface area contributed by atoms with E-state index < -0.39 is 5.82 Å². The lowest BCUT2D eigenvalue weighted by atomic mass is 9.93.